The fourth-order valence-corrected chi connectivity index (χ4v) is 2.37. The smallest absolute Gasteiger partial charge is 0.286 e. The van der Waals surface area contributed by atoms with Crippen molar-refractivity contribution in [2.24, 2.45) is 0 Å². The van der Waals surface area contributed by atoms with Crippen LogP contribution in [0.5, 0.6) is 0 Å². The van der Waals surface area contributed by atoms with Crippen molar-refractivity contribution in [3.63, 3.8) is 0 Å². The molecule has 0 spiro atoms. The predicted octanol–water partition coefficient (Wildman–Crippen LogP) is 2.97. The minimum absolute atomic E-state index is 0.187. The third kappa shape index (κ3) is 2.87. The van der Waals surface area contributed by atoms with Crippen LogP contribution in [0.3, 0.4) is 0 Å². The summed E-state index contributed by atoms with van der Waals surface area (Å²) in [6, 6.07) is 7.15. The second-order valence-corrected chi connectivity index (χ2v) is 4.99. The van der Waals surface area contributed by atoms with E-state index >= 15 is 0 Å². The van der Waals surface area contributed by atoms with Crippen molar-refractivity contribution in [1.82, 2.24) is 5.32 Å². The highest BCUT2D eigenvalue weighted by Crippen LogP contribution is 2.21. The summed E-state index contributed by atoms with van der Waals surface area (Å²) in [4.78, 5) is 12.6. The lowest BCUT2D eigenvalue weighted by atomic mass is 10.3. The fraction of sp³-hybridized carbons (Fsp3) is 0.182. The van der Waals surface area contributed by atoms with E-state index in [0.29, 0.717) is 12.3 Å². The first-order valence-electron chi connectivity index (χ1n) is 4.81. The molecule has 2 rings (SSSR count). The molecule has 16 heavy (non-hydrogen) atoms. The Balaban J connectivity index is 1.78. The van der Waals surface area contributed by atoms with Crippen LogP contribution in [0, 0.1) is 0 Å². The maximum Gasteiger partial charge on any atom is 0.286 e. The Bertz CT molecular complexity index is 464. The van der Waals surface area contributed by atoms with Crippen molar-refractivity contribution < 1.29 is 9.21 Å². The van der Waals surface area contributed by atoms with Gasteiger partial charge in [0.15, 0.2) is 5.76 Å². The quantitative estimate of drug-likeness (QED) is 0.913. The zero-order chi connectivity index (χ0) is 11.4. The van der Waals surface area contributed by atoms with Gasteiger partial charge in [-0.05, 0) is 30.7 Å². The maximum atomic E-state index is 11.5. The van der Waals surface area contributed by atoms with Gasteiger partial charge in [-0.3, -0.25) is 4.79 Å². The largest absolute Gasteiger partial charge is 0.459 e. The first-order valence-corrected chi connectivity index (χ1v) is 6.01. The number of nitrogens with one attached hydrogen (secondary N) is 1. The summed E-state index contributed by atoms with van der Waals surface area (Å²) >= 11 is 7.33. The molecule has 3 nitrogen and oxygen atoms in total. The topological polar surface area (TPSA) is 42.2 Å². The second-order valence-electron chi connectivity index (χ2n) is 3.19. The van der Waals surface area contributed by atoms with E-state index in [1.165, 1.54) is 17.6 Å². The molecule has 0 fully saturated rings. The minimum atomic E-state index is -0.187. The number of thiophene rings is 1. The van der Waals surface area contributed by atoms with Gasteiger partial charge >= 0.3 is 0 Å². The third-order valence-electron chi connectivity index (χ3n) is 2.03. The summed E-state index contributed by atoms with van der Waals surface area (Å²) in [7, 11) is 0. The third-order valence-corrected chi connectivity index (χ3v) is 3.32. The molecule has 2 aromatic heterocycles. The average molecular weight is 256 g/mol. The van der Waals surface area contributed by atoms with Crippen molar-refractivity contribution in [2.45, 2.75) is 6.42 Å². The summed E-state index contributed by atoms with van der Waals surface area (Å²) in [5.74, 6) is 0.150. The fourth-order valence-electron chi connectivity index (χ4n) is 1.28. The summed E-state index contributed by atoms with van der Waals surface area (Å²) < 4.78 is 5.74. The van der Waals surface area contributed by atoms with E-state index < -0.39 is 0 Å². The van der Waals surface area contributed by atoms with Gasteiger partial charge in [0.1, 0.15) is 0 Å². The van der Waals surface area contributed by atoms with Crippen LogP contribution in [0.15, 0.2) is 34.9 Å². The normalized spacial score (nSPS) is 10.3. The molecule has 1 amide bonds. The first-order chi connectivity index (χ1) is 7.75. The van der Waals surface area contributed by atoms with E-state index in [4.69, 9.17) is 16.0 Å². The van der Waals surface area contributed by atoms with Gasteiger partial charge in [-0.15, -0.1) is 11.3 Å². The zero-order valence-electron chi connectivity index (χ0n) is 8.40. The van der Waals surface area contributed by atoms with E-state index in [0.717, 1.165) is 15.6 Å². The van der Waals surface area contributed by atoms with E-state index in [1.807, 2.05) is 12.1 Å². The van der Waals surface area contributed by atoms with Gasteiger partial charge in [0.25, 0.3) is 5.91 Å². The number of carbonyl (C=O) groups excluding carboxylic acids is 1. The molecule has 0 aromatic carbocycles. The van der Waals surface area contributed by atoms with Crippen LogP contribution < -0.4 is 5.32 Å². The average Bonchev–Trinajstić information content (AvgIpc) is 2.89. The molecule has 0 saturated carbocycles. The molecule has 0 aliphatic carbocycles. The van der Waals surface area contributed by atoms with Gasteiger partial charge in [-0.1, -0.05) is 11.6 Å². The molecule has 2 heterocycles. The molecule has 0 aliphatic heterocycles. The van der Waals surface area contributed by atoms with Gasteiger partial charge in [-0.25, -0.2) is 0 Å². The highest BCUT2D eigenvalue weighted by Gasteiger charge is 2.07. The van der Waals surface area contributed by atoms with Crippen molar-refractivity contribution in [1.29, 1.82) is 0 Å². The van der Waals surface area contributed by atoms with Crippen LogP contribution in [0.2, 0.25) is 4.34 Å². The maximum absolute atomic E-state index is 11.5. The van der Waals surface area contributed by atoms with Crippen LogP contribution in [-0.4, -0.2) is 12.5 Å². The van der Waals surface area contributed by atoms with Crippen LogP contribution in [-0.2, 0) is 6.42 Å². The summed E-state index contributed by atoms with van der Waals surface area (Å²) in [5.41, 5.74) is 0. The molecule has 0 aliphatic rings. The number of halogens is 1. The number of hydrogen-bond acceptors (Lipinski definition) is 3. The Morgan fingerprint density at radius 3 is 2.94 bits per heavy atom. The lowest BCUT2D eigenvalue weighted by Crippen LogP contribution is -2.24. The van der Waals surface area contributed by atoms with E-state index in [9.17, 15) is 4.79 Å². The second kappa shape index (κ2) is 5.18. The van der Waals surface area contributed by atoms with E-state index in [1.54, 1.807) is 12.1 Å². The zero-order valence-corrected chi connectivity index (χ0v) is 9.98. The minimum Gasteiger partial charge on any atom is -0.459 e. The van der Waals surface area contributed by atoms with Gasteiger partial charge in [-0.2, -0.15) is 0 Å². The predicted molar refractivity (Wildman–Crippen MR) is 64.1 cm³/mol. The highest BCUT2D eigenvalue weighted by molar-refractivity contribution is 7.16. The van der Waals surface area contributed by atoms with Gasteiger partial charge < -0.3 is 9.73 Å². The Kier molecular flexibility index (Phi) is 3.64. The number of hydrogen-bond donors (Lipinski definition) is 1. The van der Waals surface area contributed by atoms with Gasteiger partial charge in [0.05, 0.1) is 10.6 Å². The van der Waals surface area contributed by atoms with E-state index in [2.05, 4.69) is 5.32 Å². The van der Waals surface area contributed by atoms with Crippen LogP contribution in [0.1, 0.15) is 15.4 Å². The molecule has 1 N–H and O–H groups in total. The lowest BCUT2D eigenvalue weighted by molar-refractivity contribution is 0.0926. The van der Waals surface area contributed by atoms with E-state index in [-0.39, 0.29) is 5.91 Å². The molecule has 5 heteroatoms. The van der Waals surface area contributed by atoms with Crippen molar-refractivity contribution >= 4 is 28.8 Å². The van der Waals surface area contributed by atoms with Crippen LogP contribution in [0.25, 0.3) is 0 Å². The molecule has 0 unspecified atom stereocenters. The number of rotatable bonds is 4. The number of furan rings is 1. The molecule has 2 aromatic rings. The monoisotopic (exact) mass is 255 g/mol. The highest BCUT2D eigenvalue weighted by atomic mass is 35.5. The Hall–Kier alpha value is -1.26. The number of carbonyl (C=O) groups is 1. The van der Waals surface area contributed by atoms with Gasteiger partial charge in [0.2, 0.25) is 0 Å². The Morgan fingerprint density at radius 2 is 2.31 bits per heavy atom. The molecule has 0 radical (unpaired) electrons. The molecule has 0 saturated heterocycles. The van der Waals surface area contributed by atoms with Crippen molar-refractivity contribution in [3.8, 4) is 0 Å². The molecular weight excluding hydrogens is 246 g/mol. The first kappa shape index (κ1) is 11.2. The van der Waals surface area contributed by atoms with Gasteiger partial charge in [0, 0.05) is 11.4 Å². The Morgan fingerprint density at radius 1 is 1.44 bits per heavy atom. The van der Waals surface area contributed by atoms with Crippen molar-refractivity contribution in [3.05, 3.63) is 45.5 Å². The summed E-state index contributed by atoms with van der Waals surface area (Å²) in [6.45, 7) is 0.580. The van der Waals surface area contributed by atoms with Crippen molar-refractivity contribution in [2.75, 3.05) is 6.54 Å². The summed E-state index contributed by atoms with van der Waals surface area (Å²) in [6.07, 6.45) is 2.26. The standard InChI is InChI=1S/C11H10ClNO2S/c12-10-4-3-8(16-10)5-6-13-11(14)9-2-1-7-15-9/h1-4,7H,5-6H2,(H,13,14). The number of amides is 1. The SMILES string of the molecule is O=C(NCCc1ccc(Cl)s1)c1ccco1. The molecular formula is C11H10ClNO2S. The Labute approximate surface area is 102 Å². The van der Waals surface area contributed by atoms with Crippen LogP contribution in [0.4, 0.5) is 0 Å². The molecule has 0 bridgehead atoms. The molecule has 0 atom stereocenters. The summed E-state index contributed by atoms with van der Waals surface area (Å²) in [5, 5.41) is 2.77. The van der Waals surface area contributed by atoms with Crippen LogP contribution >= 0.6 is 22.9 Å². The molecule has 84 valence electrons. The lowest BCUT2D eigenvalue weighted by Gasteiger charge is -2.00.